The van der Waals surface area contributed by atoms with E-state index in [0.29, 0.717) is 5.75 Å². The lowest BCUT2D eigenvalue weighted by molar-refractivity contribution is -0.119. The molecule has 4 heteroatoms. The summed E-state index contributed by atoms with van der Waals surface area (Å²) in [6.07, 6.45) is 0. The molecule has 0 radical (unpaired) electrons. The van der Waals surface area contributed by atoms with Crippen molar-refractivity contribution in [2.24, 2.45) is 5.73 Å². The minimum absolute atomic E-state index is 0.264. The lowest BCUT2D eigenvalue weighted by atomic mass is 10.3. The second-order valence-corrected chi connectivity index (χ2v) is 3.96. The maximum atomic E-state index is 10.9. The van der Waals surface area contributed by atoms with Crippen LogP contribution in [0.2, 0.25) is 0 Å². The Hall–Kier alpha value is -1.00. The number of nitrogens with one attached hydrogen (secondary N) is 1. The van der Waals surface area contributed by atoms with Crippen LogP contribution in [0.25, 0.3) is 0 Å². The Labute approximate surface area is 88.1 Å². The van der Waals surface area contributed by atoms with Gasteiger partial charge in [0, 0.05) is 10.6 Å². The highest BCUT2D eigenvalue weighted by atomic mass is 32.2. The minimum atomic E-state index is -0.309. The van der Waals surface area contributed by atoms with E-state index in [1.54, 1.807) is 18.8 Å². The third-order valence-electron chi connectivity index (χ3n) is 1.85. The Bertz CT molecular complexity index is 289. The maximum Gasteiger partial charge on any atom is 0.235 e. The highest BCUT2D eigenvalue weighted by Crippen LogP contribution is 2.17. The lowest BCUT2D eigenvalue weighted by Gasteiger charge is -2.11. The quantitative estimate of drug-likeness (QED) is 0.708. The molecule has 0 fully saturated rings. The molecule has 0 aliphatic heterocycles. The number of nitrogens with two attached hydrogens (primary N) is 1. The van der Waals surface area contributed by atoms with Gasteiger partial charge < -0.3 is 11.1 Å². The van der Waals surface area contributed by atoms with E-state index in [4.69, 9.17) is 5.73 Å². The fourth-order valence-electron chi connectivity index (χ4n) is 1.00. The van der Waals surface area contributed by atoms with E-state index in [1.165, 1.54) is 0 Å². The molecule has 0 bridgehead atoms. The van der Waals surface area contributed by atoms with Crippen LogP contribution in [0.4, 0.5) is 0 Å². The Kier molecular flexibility index (Phi) is 4.49. The summed E-state index contributed by atoms with van der Waals surface area (Å²) in [7, 11) is 1.74. The summed E-state index contributed by atoms with van der Waals surface area (Å²) in [4.78, 5) is 12.0. The van der Waals surface area contributed by atoms with Crippen molar-refractivity contribution in [1.29, 1.82) is 0 Å². The number of carbonyl (C=O) groups is 1. The minimum Gasteiger partial charge on any atom is -0.368 e. The Morgan fingerprint density at radius 2 is 2.14 bits per heavy atom. The van der Waals surface area contributed by atoms with Crippen molar-refractivity contribution < 1.29 is 4.79 Å². The van der Waals surface area contributed by atoms with Gasteiger partial charge in [0.25, 0.3) is 0 Å². The molecule has 3 nitrogen and oxygen atoms in total. The zero-order chi connectivity index (χ0) is 10.4. The summed E-state index contributed by atoms with van der Waals surface area (Å²) < 4.78 is 0. The van der Waals surface area contributed by atoms with Crippen molar-refractivity contribution in [3.63, 3.8) is 0 Å². The zero-order valence-corrected chi connectivity index (χ0v) is 8.88. The van der Waals surface area contributed by atoms with Gasteiger partial charge in [0.1, 0.15) is 0 Å². The van der Waals surface area contributed by atoms with Gasteiger partial charge in [-0.25, -0.2) is 0 Å². The molecule has 1 unspecified atom stereocenters. The van der Waals surface area contributed by atoms with Crippen molar-refractivity contribution in [3.05, 3.63) is 30.3 Å². The van der Waals surface area contributed by atoms with Crippen LogP contribution in [-0.4, -0.2) is 24.7 Å². The molecular weight excluding hydrogens is 196 g/mol. The SMILES string of the molecule is CNC(CSc1ccccc1)C(N)=O. The topological polar surface area (TPSA) is 55.1 Å². The number of hydrogen-bond acceptors (Lipinski definition) is 3. The molecule has 0 aliphatic rings. The van der Waals surface area contributed by atoms with E-state index in [1.807, 2.05) is 30.3 Å². The highest BCUT2D eigenvalue weighted by molar-refractivity contribution is 7.99. The van der Waals surface area contributed by atoms with Gasteiger partial charge in [-0.05, 0) is 19.2 Å². The predicted octanol–water partition coefficient (Wildman–Crippen LogP) is 0.852. The molecule has 0 aliphatic carbocycles. The summed E-state index contributed by atoms with van der Waals surface area (Å²) in [5.74, 6) is 0.353. The van der Waals surface area contributed by atoms with Crippen LogP contribution in [0, 0.1) is 0 Å². The molecule has 1 aromatic rings. The first kappa shape index (κ1) is 11.1. The van der Waals surface area contributed by atoms with Gasteiger partial charge in [0.15, 0.2) is 0 Å². The number of likely N-dealkylation sites (N-methyl/N-ethyl adjacent to an activating group) is 1. The number of carbonyl (C=O) groups excluding carboxylic acids is 1. The van der Waals surface area contributed by atoms with Crippen molar-refractivity contribution >= 4 is 17.7 Å². The Morgan fingerprint density at radius 3 is 2.64 bits per heavy atom. The first-order chi connectivity index (χ1) is 6.74. The van der Waals surface area contributed by atoms with Crippen LogP contribution in [-0.2, 0) is 4.79 Å². The summed E-state index contributed by atoms with van der Waals surface area (Å²) in [6, 6.07) is 9.67. The average Bonchev–Trinajstić information content (AvgIpc) is 2.20. The van der Waals surface area contributed by atoms with Gasteiger partial charge in [0.2, 0.25) is 5.91 Å². The summed E-state index contributed by atoms with van der Waals surface area (Å²) in [5, 5.41) is 2.88. The van der Waals surface area contributed by atoms with Gasteiger partial charge in [-0.2, -0.15) is 0 Å². The van der Waals surface area contributed by atoms with Crippen LogP contribution in [0.3, 0.4) is 0 Å². The molecule has 1 atom stereocenters. The molecule has 14 heavy (non-hydrogen) atoms. The lowest BCUT2D eigenvalue weighted by Crippen LogP contribution is -2.40. The molecule has 1 rings (SSSR count). The predicted molar refractivity (Wildman–Crippen MR) is 59.2 cm³/mol. The molecule has 0 saturated heterocycles. The second kappa shape index (κ2) is 5.67. The van der Waals surface area contributed by atoms with E-state index in [0.717, 1.165) is 4.90 Å². The molecule has 1 amide bonds. The second-order valence-electron chi connectivity index (χ2n) is 2.87. The smallest absolute Gasteiger partial charge is 0.235 e. The maximum absolute atomic E-state index is 10.9. The van der Waals surface area contributed by atoms with Crippen molar-refractivity contribution in [2.75, 3.05) is 12.8 Å². The fourth-order valence-corrected chi connectivity index (χ4v) is 2.04. The highest BCUT2D eigenvalue weighted by Gasteiger charge is 2.12. The van der Waals surface area contributed by atoms with Crippen LogP contribution in [0.15, 0.2) is 35.2 Å². The molecule has 76 valence electrons. The normalized spacial score (nSPS) is 12.4. The number of rotatable bonds is 5. The summed E-state index contributed by atoms with van der Waals surface area (Å²) in [5.41, 5.74) is 5.20. The molecule has 3 N–H and O–H groups in total. The van der Waals surface area contributed by atoms with Crippen molar-refractivity contribution in [1.82, 2.24) is 5.32 Å². The van der Waals surface area contributed by atoms with E-state index >= 15 is 0 Å². The zero-order valence-electron chi connectivity index (χ0n) is 8.07. The van der Waals surface area contributed by atoms with Gasteiger partial charge >= 0.3 is 0 Å². The number of benzene rings is 1. The molecule has 0 spiro atoms. The van der Waals surface area contributed by atoms with Crippen LogP contribution in [0.5, 0.6) is 0 Å². The Morgan fingerprint density at radius 1 is 1.50 bits per heavy atom. The number of hydrogen-bond donors (Lipinski definition) is 2. The van der Waals surface area contributed by atoms with Crippen LogP contribution < -0.4 is 11.1 Å². The van der Waals surface area contributed by atoms with E-state index < -0.39 is 0 Å². The first-order valence-corrected chi connectivity index (χ1v) is 5.37. The van der Waals surface area contributed by atoms with Crippen molar-refractivity contribution in [2.45, 2.75) is 10.9 Å². The summed E-state index contributed by atoms with van der Waals surface area (Å²) >= 11 is 1.62. The number of amides is 1. The van der Waals surface area contributed by atoms with Crippen LogP contribution >= 0.6 is 11.8 Å². The van der Waals surface area contributed by atoms with E-state index in [9.17, 15) is 4.79 Å². The standard InChI is InChI=1S/C10H14N2OS/c1-12-9(10(11)13)7-14-8-5-3-2-4-6-8/h2-6,9,12H,7H2,1H3,(H2,11,13). The van der Waals surface area contributed by atoms with Gasteiger partial charge in [0.05, 0.1) is 6.04 Å². The van der Waals surface area contributed by atoms with E-state index in [2.05, 4.69) is 5.32 Å². The Balaban J connectivity index is 2.44. The van der Waals surface area contributed by atoms with Crippen molar-refractivity contribution in [3.8, 4) is 0 Å². The van der Waals surface area contributed by atoms with Gasteiger partial charge in [-0.1, -0.05) is 18.2 Å². The molecular formula is C10H14N2OS. The van der Waals surface area contributed by atoms with E-state index in [-0.39, 0.29) is 11.9 Å². The average molecular weight is 210 g/mol. The molecule has 0 heterocycles. The third-order valence-corrected chi connectivity index (χ3v) is 2.96. The van der Waals surface area contributed by atoms with Crippen LogP contribution in [0.1, 0.15) is 0 Å². The molecule has 0 aromatic heterocycles. The van der Waals surface area contributed by atoms with Gasteiger partial charge in [-0.15, -0.1) is 11.8 Å². The number of primary amides is 1. The fraction of sp³-hybridized carbons (Fsp3) is 0.300. The number of thioether (sulfide) groups is 1. The third kappa shape index (κ3) is 3.40. The first-order valence-electron chi connectivity index (χ1n) is 4.38. The monoisotopic (exact) mass is 210 g/mol. The molecule has 1 aromatic carbocycles. The molecule has 0 saturated carbocycles. The largest absolute Gasteiger partial charge is 0.368 e. The van der Waals surface area contributed by atoms with Gasteiger partial charge in [-0.3, -0.25) is 4.79 Å². The summed E-state index contributed by atoms with van der Waals surface area (Å²) in [6.45, 7) is 0.